The molecule has 0 saturated heterocycles. The number of aliphatic carboxylic acids is 1. The Labute approximate surface area is 133 Å². The molecule has 0 radical (unpaired) electrons. The minimum atomic E-state index is -3.31. The van der Waals surface area contributed by atoms with E-state index in [-0.39, 0.29) is 17.1 Å². The standard InChI is InChI=1S/C14H19BrO5S/c1-10(9-13(16)17)14(18)11-3-5-12(6-4-11)21(19,20)8-2-7-15/h3-6,10,14,18H,2,7-9H2,1H3,(H,16,17)/t10-,14+/m0/s1. The quantitative estimate of drug-likeness (QED) is 0.677. The molecule has 7 heteroatoms. The summed E-state index contributed by atoms with van der Waals surface area (Å²) >= 11 is 3.20. The summed E-state index contributed by atoms with van der Waals surface area (Å²) in [6.45, 7) is 1.64. The molecule has 0 unspecified atom stereocenters. The molecule has 0 aliphatic carbocycles. The lowest BCUT2D eigenvalue weighted by Crippen LogP contribution is -2.14. The van der Waals surface area contributed by atoms with Crippen LogP contribution in [-0.4, -0.2) is 35.7 Å². The van der Waals surface area contributed by atoms with Crippen molar-refractivity contribution >= 4 is 31.7 Å². The lowest BCUT2D eigenvalue weighted by atomic mass is 9.95. The molecule has 0 aliphatic rings. The van der Waals surface area contributed by atoms with E-state index in [9.17, 15) is 18.3 Å². The number of carbonyl (C=O) groups is 1. The van der Waals surface area contributed by atoms with Gasteiger partial charge in [0, 0.05) is 5.33 Å². The van der Waals surface area contributed by atoms with Crippen LogP contribution in [0.4, 0.5) is 0 Å². The van der Waals surface area contributed by atoms with Gasteiger partial charge >= 0.3 is 5.97 Å². The SMILES string of the molecule is C[C@@H](CC(=O)O)[C@@H](O)c1ccc(S(=O)(=O)CCCBr)cc1. The van der Waals surface area contributed by atoms with Crippen LogP contribution in [-0.2, 0) is 14.6 Å². The van der Waals surface area contributed by atoms with Gasteiger partial charge in [-0.15, -0.1) is 0 Å². The van der Waals surface area contributed by atoms with Crippen molar-refractivity contribution in [1.29, 1.82) is 0 Å². The zero-order valence-electron chi connectivity index (χ0n) is 11.7. The van der Waals surface area contributed by atoms with Gasteiger partial charge in [-0.3, -0.25) is 4.79 Å². The highest BCUT2D eigenvalue weighted by Crippen LogP contribution is 2.25. The van der Waals surface area contributed by atoms with Gasteiger partial charge in [-0.05, 0) is 30.0 Å². The largest absolute Gasteiger partial charge is 0.481 e. The van der Waals surface area contributed by atoms with Crippen molar-refractivity contribution in [2.75, 3.05) is 11.1 Å². The van der Waals surface area contributed by atoms with E-state index in [0.717, 1.165) is 0 Å². The second kappa shape index (κ2) is 7.91. The highest BCUT2D eigenvalue weighted by molar-refractivity contribution is 9.09. The average Bonchev–Trinajstić information content (AvgIpc) is 2.43. The molecule has 2 N–H and O–H groups in total. The van der Waals surface area contributed by atoms with E-state index < -0.39 is 27.8 Å². The first-order valence-electron chi connectivity index (χ1n) is 6.56. The van der Waals surface area contributed by atoms with Gasteiger partial charge in [0.15, 0.2) is 9.84 Å². The van der Waals surface area contributed by atoms with Gasteiger partial charge in [0.1, 0.15) is 0 Å². The van der Waals surface area contributed by atoms with Crippen LogP contribution in [0.5, 0.6) is 0 Å². The highest BCUT2D eigenvalue weighted by atomic mass is 79.9. The zero-order chi connectivity index (χ0) is 16.0. The fraction of sp³-hybridized carbons (Fsp3) is 0.500. The molecule has 1 aromatic rings. The Hall–Kier alpha value is -0.920. The Morgan fingerprint density at radius 1 is 1.29 bits per heavy atom. The van der Waals surface area contributed by atoms with Gasteiger partial charge in [0.05, 0.1) is 23.2 Å². The molecule has 0 bridgehead atoms. The Balaban J connectivity index is 2.85. The van der Waals surface area contributed by atoms with Gasteiger partial charge in [-0.2, -0.15) is 0 Å². The summed E-state index contributed by atoms with van der Waals surface area (Å²) < 4.78 is 24.0. The fourth-order valence-corrected chi connectivity index (χ4v) is 3.91. The minimum Gasteiger partial charge on any atom is -0.481 e. The monoisotopic (exact) mass is 378 g/mol. The van der Waals surface area contributed by atoms with Crippen molar-refractivity contribution in [3.63, 3.8) is 0 Å². The molecule has 0 fully saturated rings. The number of aliphatic hydroxyl groups excluding tert-OH is 1. The Morgan fingerprint density at radius 2 is 1.86 bits per heavy atom. The maximum absolute atomic E-state index is 12.0. The molecular weight excluding hydrogens is 360 g/mol. The second-order valence-electron chi connectivity index (χ2n) is 4.95. The number of alkyl halides is 1. The smallest absolute Gasteiger partial charge is 0.303 e. The number of rotatable bonds is 8. The molecular formula is C14H19BrO5S. The summed E-state index contributed by atoms with van der Waals surface area (Å²) in [6.07, 6.45) is -0.546. The summed E-state index contributed by atoms with van der Waals surface area (Å²) in [7, 11) is -3.31. The Morgan fingerprint density at radius 3 is 2.33 bits per heavy atom. The molecule has 21 heavy (non-hydrogen) atoms. The number of aliphatic hydroxyl groups is 1. The van der Waals surface area contributed by atoms with E-state index in [1.54, 1.807) is 6.92 Å². The average molecular weight is 379 g/mol. The fourth-order valence-electron chi connectivity index (χ4n) is 1.95. The second-order valence-corrected chi connectivity index (χ2v) is 7.85. The number of carboxylic acids is 1. The Bertz CT molecular complexity index is 568. The van der Waals surface area contributed by atoms with E-state index in [0.29, 0.717) is 17.3 Å². The van der Waals surface area contributed by atoms with E-state index in [4.69, 9.17) is 5.11 Å². The molecule has 0 saturated carbocycles. The predicted molar refractivity (Wildman–Crippen MR) is 83.3 cm³/mol. The van der Waals surface area contributed by atoms with Crippen molar-refractivity contribution in [1.82, 2.24) is 0 Å². The molecule has 0 heterocycles. The van der Waals surface area contributed by atoms with Crippen LogP contribution in [0.15, 0.2) is 29.2 Å². The molecule has 0 aromatic heterocycles. The van der Waals surface area contributed by atoms with Crippen LogP contribution in [0.2, 0.25) is 0 Å². The summed E-state index contributed by atoms with van der Waals surface area (Å²) in [5.74, 6) is -1.36. The van der Waals surface area contributed by atoms with E-state index in [1.807, 2.05) is 0 Å². The van der Waals surface area contributed by atoms with Crippen molar-refractivity contribution in [3.8, 4) is 0 Å². The van der Waals surface area contributed by atoms with Crippen LogP contribution in [0.1, 0.15) is 31.4 Å². The molecule has 118 valence electrons. The minimum absolute atomic E-state index is 0.0650. The van der Waals surface area contributed by atoms with Crippen LogP contribution in [0.25, 0.3) is 0 Å². The summed E-state index contributed by atoms with van der Waals surface area (Å²) in [6, 6.07) is 5.97. The van der Waals surface area contributed by atoms with Crippen molar-refractivity contribution < 1.29 is 23.4 Å². The third kappa shape index (κ3) is 5.41. The molecule has 1 aromatic carbocycles. The molecule has 0 spiro atoms. The van der Waals surface area contributed by atoms with Gasteiger partial charge < -0.3 is 10.2 Å². The molecule has 2 atom stereocenters. The number of hydrogen-bond donors (Lipinski definition) is 2. The maximum atomic E-state index is 12.0. The van der Waals surface area contributed by atoms with Crippen LogP contribution >= 0.6 is 15.9 Å². The third-order valence-corrected chi connectivity index (χ3v) is 5.54. The van der Waals surface area contributed by atoms with E-state index >= 15 is 0 Å². The summed E-state index contributed by atoms with van der Waals surface area (Å²) in [5.41, 5.74) is 0.517. The number of hydrogen-bond acceptors (Lipinski definition) is 4. The van der Waals surface area contributed by atoms with Crippen molar-refractivity contribution in [3.05, 3.63) is 29.8 Å². The number of benzene rings is 1. The third-order valence-electron chi connectivity index (χ3n) is 3.16. The number of carboxylic acid groups (broad SMARTS) is 1. The first kappa shape index (κ1) is 18.1. The van der Waals surface area contributed by atoms with Gasteiger partial charge in [-0.25, -0.2) is 8.42 Å². The first-order valence-corrected chi connectivity index (χ1v) is 9.34. The summed E-state index contributed by atoms with van der Waals surface area (Å²) in [4.78, 5) is 10.9. The van der Waals surface area contributed by atoms with E-state index in [1.165, 1.54) is 24.3 Å². The maximum Gasteiger partial charge on any atom is 0.303 e. The number of halogens is 1. The van der Waals surface area contributed by atoms with E-state index in [2.05, 4.69) is 15.9 Å². The van der Waals surface area contributed by atoms with Gasteiger partial charge in [0.2, 0.25) is 0 Å². The van der Waals surface area contributed by atoms with Crippen LogP contribution in [0, 0.1) is 5.92 Å². The van der Waals surface area contributed by atoms with Crippen molar-refractivity contribution in [2.45, 2.75) is 30.8 Å². The highest BCUT2D eigenvalue weighted by Gasteiger charge is 2.20. The summed E-state index contributed by atoms with van der Waals surface area (Å²) in [5, 5.41) is 19.4. The molecule has 0 aliphatic heterocycles. The topological polar surface area (TPSA) is 91.7 Å². The van der Waals surface area contributed by atoms with Crippen LogP contribution < -0.4 is 0 Å². The predicted octanol–water partition coefficient (Wildman–Crippen LogP) is 2.39. The number of sulfone groups is 1. The van der Waals surface area contributed by atoms with Gasteiger partial charge in [-0.1, -0.05) is 35.0 Å². The lowest BCUT2D eigenvalue weighted by Gasteiger charge is -2.17. The molecule has 1 rings (SSSR count). The lowest BCUT2D eigenvalue weighted by molar-refractivity contribution is -0.139. The van der Waals surface area contributed by atoms with Crippen LogP contribution in [0.3, 0.4) is 0 Å². The normalized spacial score (nSPS) is 14.6. The zero-order valence-corrected chi connectivity index (χ0v) is 14.1. The Kier molecular flexibility index (Phi) is 6.83. The molecule has 0 amide bonds. The molecule has 5 nitrogen and oxygen atoms in total. The van der Waals surface area contributed by atoms with Gasteiger partial charge in [0.25, 0.3) is 0 Å². The van der Waals surface area contributed by atoms with Crippen molar-refractivity contribution in [2.24, 2.45) is 5.92 Å². The first-order chi connectivity index (χ1) is 9.77.